The first-order valence-electron chi connectivity index (χ1n) is 3.22. The molecule has 0 spiro atoms. The van der Waals surface area contributed by atoms with E-state index in [4.69, 9.17) is 10.2 Å². The van der Waals surface area contributed by atoms with Gasteiger partial charge in [-0.25, -0.2) is 0 Å². The van der Waals surface area contributed by atoms with Crippen molar-refractivity contribution in [1.29, 1.82) is 0 Å². The van der Waals surface area contributed by atoms with Crippen molar-refractivity contribution >= 4 is 0 Å². The zero-order chi connectivity index (χ0) is 6.85. The van der Waals surface area contributed by atoms with Gasteiger partial charge in [0.15, 0.2) is 0 Å². The first kappa shape index (κ1) is 6.78. The third-order valence-corrected chi connectivity index (χ3v) is 1.95. The van der Waals surface area contributed by atoms with Crippen LogP contribution in [0.25, 0.3) is 0 Å². The fourth-order valence-corrected chi connectivity index (χ4v) is 1.24. The summed E-state index contributed by atoms with van der Waals surface area (Å²) in [5.74, 6) is -0.0509. The zero-order valence-electron chi connectivity index (χ0n) is 5.38. The summed E-state index contributed by atoms with van der Waals surface area (Å²) in [6, 6.07) is 0. The molecule has 0 radical (unpaired) electrons. The second-order valence-electron chi connectivity index (χ2n) is 2.55. The highest BCUT2D eigenvalue weighted by Gasteiger charge is 2.27. The lowest BCUT2D eigenvalue weighted by atomic mass is 10.0. The molecule has 0 aromatic carbocycles. The topological polar surface area (TPSA) is 40.5 Å². The van der Waals surface area contributed by atoms with Crippen molar-refractivity contribution in [1.82, 2.24) is 0 Å². The maximum absolute atomic E-state index is 9.14. The van der Waals surface area contributed by atoms with Gasteiger partial charge in [-0.3, -0.25) is 0 Å². The van der Waals surface area contributed by atoms with Crippen LogP contribution in [0.15, 0.2) is 12.2 Å². The number of rotatable bonds is 1. The summed E-state index contributed by atoms with van der Waals surface area (Å²) >= 11 is 0. The van der Waals surface area contributed by atoms with Gasteiger partial charge in [0.05, 0.1) is 12.7 Å². The fraction of sp³-hybridized carbons (Fsp3) is 0.714. The fourth-order valence-electron chi connectivity index (χ4n) is 1.24. The second-order valence-corrected chi connectivity index (χ2v) is 2.55. The van der Waals surface area contributed by atoms with Gasteiger partial charge in [0.2, 0.25) is 0 Å². The lowest BCUT2D eigenvalue weighted by Crippen LogP contribution is -2.17. The minimum atomic E-state index is -0.345. The molecule has 1 aliphatic rings. The first-order chi connectivity index (χ1) is 4.25. The van der Waals surface area contributed by atoms with E-state index in [9.17, 15) is 0 Å². The average molecular weight is 128 g/mol. The predicted molar refractivity (Wildman–Crippen MR) is 35.0 cm³/mol. The second kappa shape index (κ2) is 2.50. The summed E-state index contributed by atoms with van der Waals surface area (Å²) < 4.78 is 0. The van der Waals surface area contributed by atoms with Crippen LogP contribution in [0.3, 0.4) is 0 Å². The van der Waals surface area contributed by atoms with Crippen LogP contribution < -0.4 is 0 Å². The van der Waals surface area contributed by atoms with Gasteiger partial charge < -0.3 is 10.2 Å². The molecule has 9 heavy (non-hydrogen) atoms. The summed E-state index contributed by atoms with van der Waals surface area (Å²) in [7, 11) is 0. The number of aliphatic hydroxyl groups is 2. The quantitative estimate of drug-likeness (QED) is 0.499. The van der Waals surface area contributed by atoms with Crippen LogP contribution in [0, 0.1) is 5.92 Å². The van der Waals surface area contributed by atoms with E-state index in [1.807, 2.05) is 0 Å². The highest BCUT2D eigenvalue weighted by molar-refractivity contribution is 5.09. The maximum Gasteiger partial charge on any atom is 0.0630 e. The third-order valence-electron chi connectivity index (χ3n) is 1.95. The van der Waals surface area contributed by atoms with E-state index in [-0.39, 0.29) is 18.6 Å². The van der Waals surface area contributed by atoms with Gasteiger partial charge in [-0.15, -0.1) is 0 Å². The van der Waals surface area contributed by atoms with Crippen molar-refractivity contribution in [3.63, 3.8) is 0 Å². The molecular formula is C7H12O2. The average Bonchev–Trinajstić information content (AvgIpc) is 2.12. The van der Waals surface area contributed by atoms with Crippen LogP contribution in [0.5, 0.6) is 0 Å². The van der Waals surface area contributed by atoms with E-state index in [0.717, 1.165) is 18.4 Å². The molecule has 1 rings (SSSR count). The summed E-state index contributed by atoms with van der Waals surface area (Å²) in [4.78, 5) is 0. The largest absolute Gasteiger partial charge is 0.396 e. The summed E-state index contributed by atoms with van der Waals surface area (Å²) in [5.41, 5.74) is 0.991. The van der Waals surface area contributed by atoms with Crippen LogP contribution >= 0.6 is 0 Å². The molecule has 52 valence electrons. The summed E-state index contributed by atoms with van der Waals surface area (Å²) in [6.07, 6.45) is 1.29. The van der Waals surface area contributed by atoms with Crippen LogP contribution in [0.4, 0.5) is 0 Å². The van der Waals surface area contributed by atoms with E-state index in [2.05, 4.69) is 6.58 Å². The standard InChI is InChI=1S/C7H12O2/c1-5-2-3-7(9)6(5)4-8/h6-9H,1-4H2/t6-,7-/m0/s1. The molecule has 1 aliphatic carbocycles. The van der Waals surface area contributed by atoms with Crippen molar-refractivity contribution in [3.8, 4) is 0 Å². The highest BCUT2D eigenvalue weighted by Crippen LogP contribution is 2.29. The summed E-state index contributed by atoms with van der Waals surface area (Å²) in [5, 5.41) is 17.8. The van der Waals surface area contributed by atoms with Gasteiger partial charge in [-0.05, 0) is 12.8 Å². The van der Waals surface area contributed by atoms with E-state index < -0.39 is 0 Å². The third kappa shape index (κ3) is 1.14. The SMILES string of the molecule is C=C1CC[C@H](O)[C@H]1CO. The van der Waals surface area contributed by atoms with E-state index in [0.29, 0.717) is 0 Å². The van der Waals surface area contributed by atoms with Crippen LogP contribution in [-0.4, -0.2) is 22.9 Å². The molecule has 0 saturated heterocycles. The molecule has 0 aromatic rings. The molecule has 0 aliphatic heterocycles. The molecule has 2 N–H and O–H groups in total. The van der Waals surface area contributed by atoms with Crippen molar-refractivity contribution in [3.05, 3.63) is 12.2 Å². The Morgan fingerprint density at radius 1 is 1.67 bits per heavy atom. The molecule has 2 nitrogen and oxygen atoms in total. The Balaban J connectivity index is 2.55. The first-order valence-corrected chi connectivity index (χ1v) is 3.22. The molecule has 0 bridgehead atoms. The Labute approximate surface area is 54.8 Å². The Kier molecular flexibility index (Phi) is 1.88. The Bertz CT molecular complexity index is 120. The van der Waals surface area contributed by atoms with E-state index in [1.165, 1.54) is 0 Å². The van der Waals surface area contributed by atoms with Gasteiger partial charge in [0.1, 0.15) is 0 Å². The van der Waals surface area contributed by atoms with Crippen molar-refractivity contribution < 1.29 is 10.2 Å². The van der Waals surface area contributed by atoms with Gasteiger partial charge in [0, 0.05) is 5.92 Å². The minimum absolute atomic E-state index is 0.0417. The molecule has 0 heterocycles. The van der Waals surface area contributed by atoms with E-state index >= 15 is 0 Å². The molecule has 2 atom stereocenters. The molecule has 1 saturated carbocycles. The molecule has 1 fully saturated rings. The van der Waals surface area contributed by atoms with Crippen LogP contribution in [0.1, 0.15) is 12.8 Å². The van der Waals surface area contributed by atoms with Crippen LogP contribution in [-0.2, 0) is 0 Å². The molecule has 0 aromatic heterocycles. The van der Waals surface area contributed by atoms with Gasteiger partial charge in [-0.1, -0.05) is 12.2 Å². The Hall–Kier alpha value is -0.340. The van der Waals surface area contributed by atoms with Gasteiger partial charge in [-0.2, -0.15) is 0 Å². The minimum Gasteiger partial charge on any atom is -0.396 e. The normalized spacial score (nSPS) is 35.6. The Morgan fingerprint density at radius 2 is 2.33 bits per heavy atom. The maximum atomic E-state index is 9.14. The Morgan fingerprint density at radius 3 is 2.56 bits per heavy atom. The monoisotopic (exact) mass is 128 g/mol. The predicted octanol–water partition coefficient (Wildman–Crippen LogP) is 0.306. The van der Waals surface area contributed by atoms with Crippen LogP contribution in [0.2, 0.25) is 0 Å². The number of hydrogen-bond donors (Lipinski definition) is 2. The summed E-state index contributed by atoms with van der Waals surface area (Å²) in [6.45, 7) is 3.78. The van der Waals surface area contributed by atoms with E-state index in [1.54, 1.807) is 0 Å². The highest BCUT2D eigenvalue weighted by atomic mass is 16.3. The zero-order valence-corrected chi connectivity index (χ0v) is 5.38. The van der Waals surface area contributed by atoms with Crippen molar-refractivity contribution in [2.75, 3.05) is 6.61 Å². The molecule has 2 heteroatoms. The number of aliphatic hydroxyl groups excluding tert-OH is 2. The lowest BCUT2D eigenvalue weighted by molar-refractivity contribution is 0.103. The van der Waals surface area contributed by atoms with Gasteiger partial charge >= 0.3 is 0 Å². The molecule has 0 unspecified atom stereocenters. The molecule has 0 amide bonds. The smallest absolute Gasteiger partial charge is 0.0630 e. The molecular weight excluding hydrogens is 116 g/mol. The lowest BCUT2D eigenvalue weighted by Gasteiger charge is -2.10. The number of hydrogen-bond acceptors (Lipinski definition) is 2. The van der Waals surface area contributed by atoms with Crippen molar-refractivity contribution in [2.24, 2.45) is 5.92 Å². The van der Waals surface area contributed by atoms with Gasteiger partial charge in [0.25, 0.3) is 0 Å². The van der Waals surface area contributed by atoms with Crippen molar-refractivity contribution in [2.45, 2.75) is 18.9 Å².